The lowest BCUT2D eigenvalue weighted by Gasteiger charge is -2.18. The molecular weight excluding hydrogens is 434 g/mol. The lowest BCUT2D eigenvalue weighted by Crippen LogP contribution is -2.32. The van der Waals surface area contributed by atoms with E-state index in [0.29, 0.717) is 29.4 Å². The Hall–Kier alpha value is -2.10. The number of carbonyl (C=O) groups excluding carboxylic acids is 1. The lowest BCUT2D eigenvalue weighted by molar-refractivity contribution is -0.120. The maximum atomic E-state index is 13.5. The van der Waals surface area contributed by atoms with Gasteiger partial charge in [-0.15, -0.1) is 11.3 Å². The van der Waals surface area contributed by atoms with Gasteiger partial charge in [-0.3, -0.25) is 14.2 Å². The zero-order chi connectivity index (χ0) is 22.0. The molecule has 9 heteroatoms. The van der Waals surface area contributed by atoms with E-state index in [1.54, 1.807) is 28.2 Å². The predicted molar refractivity (Wildman–Crippen MR) is 123 cm³/mol. The van der Waals surface area contributed by atoms with E-state index in [0.717, 1.165) is 41.1 Å². The fourth-order valence-corrected chi connectivity index (χ4v) is 5.94. The maximum absolute atomic E-state index is 13.5. The molecule has 3 aromatic heterocycles. The van der Waals surface area contributed by atoms with E-state index in [1.807, 2.05) is 19.9 Å². The highest BCUT2D eigenvalue weighted by atomic mass is 32.2. The molecule has 1 aliphatic heterocycles. The maximum Gasteiger partial charge on any atom is 0.263 e. The molecule has 2 atom stereocenters. The topological polar surface area (TPSA) is 86.4 Å². The average molecular weight is 462 g/mol. The molecule has 0 saturated carbocycles. The molecular formula is C22H27N3O4S2. The monoisotopic (exact) mass is 461 g/mol. The van der Waals surface area contributed by atoms with Gasteiger partial charge in [0, 0.05) is 11.5 Å². The molecule has 31 heavy (non-hydrogen) atoms. The summed E-state index contributed by atoms with van der Waals surface area (Å²) >= 11 is 2.86. The Kier molecular flexibility index (Phi) is 6.83. The van der Waals surface area contributed by atoms with Crippen LogP contribution in [0, 0.1) is 6.92 Å². The Balaban J connectivity index is 1.62. The van der Waals surface area contributed by atoms with Crippen LogP contribution >= 0.6 is 23.1 Å². The van der Waals surface area contributed by atoms with E-state index in [4.69, 9.17) is 14.1 Å². The van der Waals surface area contributed by atoms with Crippen LogP contribution in [-0.2, 0) is 29.0 Å². The highest BCUT2D eigenvalue weighted by molar-refractivity contribution is 8.00. The van der Waals surface area contributed by atoms with Crippen molar-refractivity contribution in [2.75, 3.05) is 6.61 Å². The predicted octanol–water partition coefficient (Wildman–Crippen LogP) is 3.90. The number of carbonyl (C=O) groups is 1. The number of furan rings is 1. The molecule has 0 bridgehead atoms. The lowest BCUT2D eigenvalue weighted by atomic mass is 10.1. The molecule has 2 unspecified atom stereocenters. The van der Waals surface area contributed by atoms with Crippen LogP contribution < -0.4 is 10.9 Å². The molecule has 1 saturated heterocycles. The van der Waals surface area contributed by atoms with E-state index >= 15 is 0 Å². The van der Waals surface area contributed by atoms with Crippen LogP contribution in [-0.4, -0.2) is 33.4 Å². The second-order valence-electron chi connectivity index (χ2n) is 7.67. The van der Waals surface area contributed by atoms with Crippen LogP contribution in [0.2, 0.25) is 0 Å². The first-order chi connectivity index (χ1) is 15.0. The molecule has 166 valence electrons. The zero-order valence-electron chi connectivity index (χ0n) is 18.0. The van der Waals surface area contributed by atoms with E-state index < -0.39 is 5.25 Å². The highest BCUT2D eigenvalue weighted by Gasteiger charge is 2.25. The smallest absolute Gasteiger partial charge is 0.263 e. The van der Waals surface area contributed by atoms with Gasteiger partial charge in [-0.25, -0.2) is 4.98 Å². The molecule has 1 amide bonds. The van der Waals surface area contributed by atoms with Gasteiger partial charge in [-0.2, -0.15) is 0 Å². The highest BCUT2D eigenvalue weighted by Crippen LogP contribution is 2.31. The van der Waals surface area contributed by atoms with Crippen molar-refractivity contribution in [2.24, 2.45) is 0 Å². The van der Waals surface area contributed by atoms with Crippen molar-refractivity contribution in [3.63, 3.8) is 0 Å². The van der Waals surface area contributed by atoms with Gasteiger partial charge >= 0.3 is 0 Å². The molecule has 4 rings (SSSR count). The van der Waals surface area contributed by atoms with Gasteiger partial charge in [0.25, 0.3) is 5.56 Å². The first-order valence-corrected chi connectivity index (χ1v) is 12.3. The Morgan fingerprint density at radius 2 is 2.32 bits per heavy atom. The van der Waals surface area contributed by atoms with Gasteiger partial charge in [0.1, 0.15) is 10.6 Å². The molecule has 0 radical (unpaired) electrons. The summed E-state index contributed by atoms with van der Waals surface area (Å²) in [6, 6.07) is 3.60. The number of nitrogens with one attached hydrogen (secondary N) is 1. The van der Waals surface area contributed by atoms with Crippen LogP contribution in [0.25, 0.3) is 10.2 Å². The van der Waals surface area contributed by atoms with Crippen LogP contribution in [0.3, 0.4) is 0 Å². The summed E-state index contributed by atoms with van der Waals surface area (Å²) in [6.07, 6.45) is 4.30. The normalized spacial score (nSPS) is 17.3. The van der Waals surface area contributed by atoms with Crippen molar-refractivity contribution in [2.45, 2.75) is 69.6 Å². The van der Waals surface area contributed by atoms with Crippen molar-refractivity contribution in [3.8, 4) is 0 Å². The fraction of sp³-hybridized carbons (Fsp3) is 0.500. The average Bonchev–Trinajstić information content (AvgIpc) is 3.50. The van der Waals surface area contributed by atoms with Gasteiger partial charge in [-0.05, 0) is 50.8 Å². The van der Waals surface area contributed by atoms with Crippen molar-refractivity contribution in [1.29, 1.82) is 0 Å². The number of ether oxygens (including phenoxy) is 1. The molecule has 1 aliphatic rings. The van der Waals surface area contributed by atoms with Gasteiger partial charge in [0.05, 0.1) is 36.1 Å². The molecule has 0 aliphatic carbocycles. The number of fused-ring (bicyclic) bond motifs is 1. The van der Waals surface area contributed by atoms with Gasteiger partial charge in [-0.1, -0.05) is 18.7 Å². The third kappa shape index (κ3) is 4.73. The molecule has 1 fully saturated rings. The number of aryl methyl sites for hydroxylation is 2. The van der Waals surface area contributed by atoms with Crippen LogP contribution in [0.15, 0.2) is 32.8 Å². The summed E-state index contributed by atoms with van der Waals surface area (Å²) in [6.45, 7) is 7.44. The fourth-order valence-electron chi connectivity index (χ4n) is 3.84. The molecule has 3 aromatic rings. The Morgan fingerprint density at radius 1 is 1.48 bits per heavy atom. The number of aromatic nitrogens is 2. The SMILES string of the molecule is CCc1c(C)sc2nc(SC(C)C(=O)NCc3ccco3)n(CC3CCCO3)c(=O)c12. The summed E-state index contributed by atoms with van der Waals surface area (Å²) in [7, 11) is 0. The standard InChI is InChI=1S/C22H27N3O4S2/c1-4-17-13(2)30-20-18(17)21(27)25(12-16-8-6-10-29-16)22(24-20)31-14(3)19(26)23-11-15-7-5-9-28-15/h5,7,9,14,16H,4,6,8,10-12H2,1-3H3,(H,23,26). The third-order valence-electron chi connectivity index (χ3n) is 5.51. The van der Waals surface area contributed by atoms with E-state index in [1.165, 1.54) is 11.8 Å². The molecule has 0 spiro atoms. The van der Waals surface area contributed by atoms with Crippen molar-refractivity contribution < 1.29 is 13.9 Å². The Bertz CT molecular complexity index is 1110. The second kappa shape index (κ2) is 9.58. The summed E-state index contributed by atoms with van der Waals surface area (Å²) in [5.74, 6) is 0.567. The quantitative estimate of drug-likeness (QED) is 0.404. The van der Waals surface area contributed by atoms with Crippen molar-refractivity contribution >= 4 is 39.2 Å². The zero-order valence-corrected chi connectivity index (χ0v) is 19.6. The number of rotatable bonds is 8. The summed E-state index contributed by atoms with van der Waals surface area (Å²) < 4.78 is 12.8. The number of nitrogens with zero attached hydrogens (tertiary/aromatic N) is 2. The number of hydrogen-bond acceptors (Lipinski definition) is 7. The van der Waals surface area contributed by atoms with Crippen molar-refractivity contribution in [3.05, 3.63) is 45.0 Å². The van der Waals surface area contributed by atoms with Gasteiger partial charge in [0.15, 0.2) is 5.16 Å². The summed E-state index contributed by atoms with van der Waals surface area (Å²) in [5.41, 5.74) is 1.03. The second-order valence-corrected chi connectivity index (χ2v) is 10.2. The first-order valence-electron chi connectivity index (χ1n) is 10.6. The van der Waals surface area contributed by atoms with Crippen molar-refractivity contribution in [1.82, 2.24) is 14.9 Å². The minimum absolute atomic E-state index is 0.00388. The summed E-state index contributed by atoms with van der Waals surface area (Å²) in [5, 5.41) is 3.74. The minimum Gasteiger partial charge on any atom is -0.467 e. The number of amides is 1. The van der Waals surface area contributed by atoms with Gasteiger partial charge < -0.3 is 14.5 Å². The summed E-state index contributed by atoms with van der Waals surface area (Å²) in [4.78, 5) is 32.8. The van der Waals surface area contributed by atoms with Crippen LogP contribution in [0.5, 0.6) is 0 Å². The molecule has 4 heterocycles. The van der Waals surface area contributed by atoms with Gasteiger partial charge in [0.2, 0.25) is 5.91 Å². The number of hydrogen-bond donors (Lipinski definition) is 1. The Labute approximate surface area is 189 Å². The first kappa shape index (κ1) is 22.1. The van der Waals surface area contributed by atoms with Crippen LogP contribution in [0.4, 0.5) is 0 Å². The van der Waals surface area contributed by atoms with Crippen LogP contribution in [0.1, 0.15) is 42.9 Å². The molecule has 0 aromatic carbocycles. The number of thiophene rings is 1. The third-order valence-corrected chi connectivity index (χ3v) is 7.64. The molecule has 7 nitrogen and oxygen atoms in total. The van der Waals surface area contributed by atoms with E-state index in [9.17, 15) is 9.59 Å². The van der Waals surface area contributed by atoms with E-state index in [-0.39, 0.29) is 17.6 Å². The largest absolute Gasteiger partial charge is 0.467 e. The Morgan fingerprint density at radius 3 is 3.00 bits per heavy atom. The van der Waals surface area contributed by atoms with E-state index in [2.05, 4.69) is 12.2 Å². The number of thioether (sulfide) groups is 1. The molecule has 1 N–H and O–H groups in total. The minimum atomic E-state index is -0.415.